The fourth-order valence-corrected chi connectivity index (χ4v) is 3.93. The number of aryl methyl sites for hydroxylation is 1. The fourth-order valence-electron chi connectivity index (χ4n) is 3.19. The molecule has 0 amide bonds. The molecule has 5 nitrogen and oxygen atoms in total. The van der Waals surface area contributed by atoms with Crippen molar-refractivity contribution in [3.05, 3.63) is 39.2 Å². The molecule has 0 fully saturated rings. The number of hydrogen-bond donors (Lipinski definition) is 1. The molecule has 1 N–H and O–H groups in total. The summed E-state index contributed by atoms with van der Waals surface area (Å²) in [6, 6.07) is 5.56. The minimum Gasteiger partial charge on any atom is -0.367 e. The van der Waals surface area contributed by atoms with E-state index in [2.05, 4.69) is 34.2 Å². The van der Waals surface area contributed by atoms with Crippen LogP contribution in [-0.4, -0.2) is 25.8 Å². The van der Waals surface area contributed by atoms with Gasteiger partial charge in [0.05, 0.1) is 10.7 Å². The predicted octanol–water partition coefficient (Wildman–Crippen LogP) is 6.46. The summed E-state index contributed by atoms with van der Waals surface area (Å²) in [5.41, 5.74) is 1.28. The molecule has 0 spiro atoms. The second-order valence-corrected chi connectivity index (χ2v) is 7.74. The van der Waals surface area contributed by atoms with Crippen LogP contribution in [0, 0.1) is 6.92 Å². The summed E-state index contributed by atoms with van der Waals surface area (Å²) in [4.78, 5) is 9.17. The molecule has 0 saturated carbocycles. The number of aromatic nitrogens is 4. The molecule has 0 aliphatic carbocycles. The first-order valence-electron chi connectivity index (χ1n) is 9.09. The standard InChI is InChI=1S/C19H22Cl3N5/c1-4-6-13(7-5-2)25-18-16-17(22)26-27(19(16)24-11(3)23-18)15-9-8-12(20)10-14(15)21/h8-10,13H,4-7H2,1-3H3,(H,23,24,25). The molecule has 0 aliphatic rings. The van der Waals surface area contributed by atoms with E-state index in [1.54, 1.807) is 22.9 Å². The Morgan fingerprint density at radius 2 is 1.78 bits per heavy atom. The van der Waals surface area contributed by atoms with Crippen LogP contribution in [0.25, 0.3) is 16.7 Å². The van der Waals surface area contributed by atoms with E-state index in [1.807, 2.05) is 6.92 Å². The van der Waals surface area contributed by atoms with Crippen LogP contribution >= 0.6 is 34.8 Å². The average Bonchev–Trinajstić information content (AvgIpc) is 2.92. The van der Waals surface area contributed by atoms with Gasteiger partial charge in [-0.2, -0.15) is 5.10 Å². The van der Waals surface area contributed by atoms with Gasteiger partial charge >= 0.3 is 0 Å². The maximum atomic E-state index is 6.49. The Labute approximate surface area is 174 Å². The first-order chi connectivity index (χ1) is 12.9. The van der Waals surface area contributed by atoms with Crippen LogP contribution in [0.4, 0.5) is 5.82 Å². The average molecular weight is 427 g/mol. The predicted molar refractivity (Wildman–Crippen MR) is 114 cm³/mol. The van der Waals surface area contributed by atoms with Gasteiger partial charge < -0.3 is 5.32 Å². The first kappa shape index (κ1) is 20.2. The lowest BCUT2D eigenvalue weighted by atomic mass is 10.1. The molecule has 0 saturated heterocycles. The molecular formula is C19H22Cl3N5. The van der Waals surface area contributed by atoms with Crippen molar-refractivity contribution < 1.29 is 0 Å². The fraction of sp³-hybridized carbons (Fsp3) is 0.421. The van der Waals surface area contributed by atoms with Gasteiger partial charge in [-0.3, -0.25) is 0 Å². The zero-order valence-corrected chi connectivity index (χ0v) is 17.8. The highest BCUT2D eigenvalue weighted by Crippen LogP contribution is 2.33. The molecule has 27 heavy (non-hydrogen) atoms. The topological polar surface area (TPSA) is 55.6 Å². The van der Waals surface area contributed by atoms with Gasteiger partial charge in [0.15, 0.2) is 10.8 Å². The molecular weight excluding hydrogens is 405 g/mol. The van der Waals surface area contributed by atoms with Gasteiger partial charge in [-0.05, 0) is 38.0 Å². The Hall–Kier alpha value is -1.56. The van der Waals surface area contributed by atoms with E-state index in [4.69, 9.17) is 34.8 Å². The van der Waals surface area contributed by atoms with Gasteiger partial charge in [-0.15, -0.1) is 0 Å². The summed E-state index contributed by atoms with van der Waals surface area (Å²) in [5.74, 6) is 1.35. The third kappa shape index (κ3) is 4.31. The number of fused-ring (bicyclic) bond motifs is 1. The summed E-state index contributed by atoms with van der Waals surface area (Å²) < 4.78 is 1.64. The number of benzene rings is 1. The third-order valence-corrected chi connectivity index (χ3v) is 5.15. The molecule has 3 aromatic rings. The highest BCUT2D eigenvalue weighted by atomic mass is 35.5. The number of nitrogens with one attached hydrogen (secondary N) is 1. The molecule has 2 heterocycles. The van der Waals surface area contributed by atoms with E-state index in [0.29, 0.717) is 49.6 Å². The minimum absolute atomic E-state index is 0.330. The zero-order valence-electron chi connectivity index (χ0n) is 15.6. The van der Waals surface area contributed by atoms with E-state index < -0.39 is 0 Å². The van der Waals surface area contributed by atoms with Crippen molar-refractivity contribution in [1.29, 1.82) is 0 Å². The van der Waals surface area contributed by atoms with Crippen molar-refractivity contribution in [1.82, 2.24) is 19.7 Å². The molecule has 0 aliphatic heterocycles. The number of halogens is 3. The van der Waals surface area contributed by atoms with E-state index >= 15 is 0 Å². The van der Waals surface area contributed by atoms with E-state index in [-0.39, 0.29) is 0 Å². The van der Waals surface area contributed by atoms with Gasteiger partial charge in [0.25, 0.3) is 0 Å². The van der Waals surface area contributed by atoms with Crippen molar-refractivity contribution in [2.75, 3.05) is 5.32 Å². The van der Waals surface area contributed by atoms with Crippen LogP contribution < -0.4 is 5.32 Å². The van der Waals surface area contributed by atoms with Crippen LogP contribution in [-0.2, 0) is 0 Å². The summed E-state index contributed by atoms with van der Waals surface area (Å²) in [5, 5.41) is 10.1. The lowest BCUT2D eigenvalue weighted by Gasteiger charge is -2.18. The molecule has 144 valence electrons. The summed E-state index contributed by atoms with van der Waals surface area (Å²) in [7, 11) is 0. The monoisotopic (exact) mass is 425 g/mol. The van der Waals surface area contributed by atoms with Crippen molar-refractivity contribution >= 4 is 51.7 Å². The van der Waals surface area contributed by atoms with Crippen LogP contribution in [0.5, 0.6) is 0 Å². The molecule has 3 rings (SSSR count). The second-order valence-electron chi connectivity index (χ2n) is 6.53. The molecule has 1 aromatic carbocycles. The van der Waals surface area contributed by atoms with Crippen molar-refractivity contribution in [2.24, 2.45) is 0 Å². The highest BCUT2D eigenvalue weighted by molar-refractivity contribution is 6.36. The summed E-state index contributed by atoms with van der Waals surface area (Å²) in [6.07, 6.45) is 4.32. The molecule has 8 heteroatoms. The second kappa shape index (κ2) is 8.63. The van der Waals surface area contributed by atoms with Crippen molar-refractivity contribution in [3.8, 4) is 5.69 Å². The van der Waals surface area contributed by atoms with Crippen molar-refractivity contribution in [3.63, 3.8) is 0 Å². The lowest BCUT2D eigenvalue weighted by Crippen LogP contribution is -2.20. The summed E-state index contributed by atoms with van der Waals surface area (Å²) in [6.45, 7) is 6.21. The lowest BCUT2D eigenvalue weighted by molar-refractivity contribution is 0.584. The van der Waals surface area contributed by atoms with E-state index in [9.17, 15) is 0 Å². The third-order valence-electron chi connectivity index (χ3n) is 4.35. The highest BCUT2D eigenvalue weighted by Gasteiger charge is 2.20. The van der Waals surface area contributed by atoms with Gasteiger partial charge in [0, 0.05) is 11.1 Å². The van der Waals surface area contributed by atoms with Crippen LogP contribution in [0.2, 0.25) is 15.2 Å². The Balaban J connectivity index is 2.13. The quantitative estimate of drug-likeness (QED) is 0.470. The Bertz CT molecular complexity index is 948. The first-order valence-corrected chi connectivity index (χ1v) is 10.2. The normalized spacial score (nSPS) is 11.5. The molecule has 0 atom stereocenters. The van der Waals surface area contributed by atoms with Gasteiger partial charge in [-0.25, -0.2) is 14.6 Å². The zero-order chi connectivity index (χ0) is 19.6. The smallest absolute Gasteiger partial charge is 0.170 e. The van der Waals surface area contributed by atoms with E-state index in [0.717, 1.165) is 25.7 Å². The van der Waals surface area contributed by atoms with Gasteiger partial charge in [-0.1, -0.05) is 61.5 Å². The van der Waals surface area contributed by atoms with Gasteiger partial charge in [0.2, 0.25) is 0 Å². The number of hydrogen-bond acceptors (Lipinski definition) is 4. The van der Waals surface area contributed by atoms with Crippen LogP contribution in [0.15, 0.2) is 18.2 Å². The van der Waals surface area contributed by atoms with Crippen LogP contribution in [0.1, 0.15) is 45.4 Å². The SMILES string of the molecule is CCCC(CCC)Nc1nc(C)nc2c1c(Cl)nn2-c1ccc(Cl)cc1Cl. The number of anilines is 1. The maximum Gasteiger partial charge on any atom is 0.170 e. The minimum atomic E-state index is 0.330. The molecule has 0 radical (unpaired) electrons. The molecule has 0 unspecified atom stereocenters. The molecule has 2 aromatic heterocycles. The molecule has 0 bridgehead atoms. The largest absolute Gasteiger partial charge is 0.367 e. The maximum absolute atomic E-state index is 6.49. The van der Waals surface area contributed by atoms with E-state index in [1.165, 1.54) is 0 Å². The Morgan fingerprint density at radius 1 is 1.07 bits per heavy atom. The Kier molecular flexibility index (Phi) is 6.45. The Morgan fingerprint density at radius 3 is 2.41 bits per heavy atom. The van der Waals surface area contributed by atoms with Gasteiger partial charge in [0.1, 0.15) is 17.0 Å². The van der Waals surface area contributed by atoms with Crippen molar-refractivity contribution in [2.45, 2.75) is 52.5 Å². The number of nitrogens with zero attached hydrogens (tertiary/aromatic N) is 4. The number of rotatable bonds is 7. The summed E-state index contributed by atoms with van der Waals surface area (Å²) >= 11 is 18.9. The van der Waals surface area contributed by atoms with Crippen LogP contribution in [0.3, 0.4) is 0 Å².